The molecular weight excluding hydrogens is 170 g/mol. The van der Waals surface area contributed by atoms with Crippen molar-refractivity contribution in [2.24, 2.45) is 0 Å². The first kappa shape index (κ1) is 9.88. The quantitative estimate of drug-likeness (QED) is 0.673. The Kier molecular flexibility index (Phi) is 4.49. The Bertz CT molecular complexity index is 160. The van der Waals surface area contributed by atoms with Gasteiger partial charge in [0.25, 0.3) is 0 Å². The Morgan fingerprint density at radius 1 is 1.75 bits per heavy atom. The normalized spacial score (nSPS) is 25.2. The van der Waals surface area contributed by atoms with Crippen molar-refractivity contribution in [2.75, 3.05) is 12.4 Å². The lowest BCUT2D eigenvalue weighted by molar-refractivity contribution is 0.129. The summed E-state index contributed by atoms with van der Waals surface area (Å²) in [5.41, 5.74) is 0. The van der Waals surface area contributed by atoms with E-state index in [4.69, 9.17) is 10.00 Å². The second-order valence-corrected chi connectivity index (χ2v) is 4.23. The van der Waals surface area contributed by atoms with E-state index >= 15 is 0 Å². The van der Waals surface area contributed by atoms with Gasteiger partial charge in [-0.2, -0.15) is 5.26 Å². The van der Waals surface area contributed by atoms with Crippen molar-refractivity contribution in [1.29, 1.82) is 5.26 Å². The fourth-order valence-electron chi connectivity index (χ4n) is 1.25. The van der Waals surface area contributed by atoms with Gasteiger partial charge in [0.15, 0.2) is 0 Å². The zero-order chi connectivity index (χ0) is 8.81. The summed E-state index contributed by atoms with van der Waals surface area (Å²) in [5.74, 6) is 0.992. The second-order valence-electron chi connectivity index (χ2n) is 2.99. The Labute approximate surface area is 78.3 Å². The lowest BCUT2D eigenvalue weighted by Crippen LogP contribution is -2.11. The van der Waals surface area contributed by atoms with Crippen LogP contribution in [0.3, 0.4) is 0 Å². The minimum atomic E-state index is 0.161. The number of nitriles is 1. The summed E-state index contributed by atoms with van der Waals surface area (Å²) in [4.78, 5) is 0. The number of hydrogen-bond donors (Lipinski definition) is 0. The fraction of sp³-hybridized carbons (Fsp3) is 0.889. The molecule has 0 aliphatic carbocycles. The van der Waals surface area contributed by atoms with E-state index in [-0.39, 0.29) is 5.25 Å². The molecule has 1 aliphatic heterocycles. The first-order chi connectivity index (χ1) is 5.86. The van der Waals surface area contributed by atoms with Crippen molar-refractivity contribution in [2.45, 2.75) is 37.5 Å². The third kappa shape index (κ3) is 3.04. The molecule has 0 N–H and O–H groups in total. The van der Waals surface area contributed by atoms with Crippen molar-refractivity contribution < 1.29 is 4.74 Å². The average molecular weight is 185 g/mol. The zero-order valence-electron chi connectivity index (χ0n) is 7.45. The van der Waals surface area contributed by atoms with Crippen molar-refractivity contribution in [3.63, 3.8) is 0 Å². The molecule has 2 atom stereocenters. The van der Waals surface area contributed by atoms with E-state index in [0.29, 0.717) is 6.10 Å². The highest BCUT2D eigenvalue weighted by atomic mass is 32.2. The topological polar surface area (TPSA) is 33.0 Å². The van der Waals surface area contributed by atoms with Crippen molar-refractivity contribution in [1.82, 2.24) is 0 Å². The van der Waals surface area contributed by atoms with Crippen molar-refractivity contribution in [3.8, 4) is 6.07 Å². The average Bonchev–Trinajstić information content (AvgIpc) is 2.59. The fourth-order valence-corrected chi connectivity index (χ4v) is 2.27. The lowest BCUT2D eigenvalue weighted by atomic mass is 10.3. The van der Waals surface area contributed by atoms with Crippen LogP contribution in [0.4, 0.5) is 0 Å². The number of hydrogen-bond acceptors (Lipinski definition) is 3. The summed E-state index contributed by atoms with van der Waals surface area (Å²) in [6.07, 6.45) is 3.72. The molecule has 0 aromatic heterocycles. The van der Waals surface area contributed by atoms with Gasteiger partial charge in [0.05, 0.1) is 17.4 Å². The number of rotatable bonds is 4. The van der Waals surface area contributed by atoms with Gasteiger partial charge in [0.2, 0.25) is 0 Å². The predicted octanol–water partition coefficient (Wildman–Crippen LogP) is 2.20. The van der Waals surface area contributed by atoms with Gasteiger partial charge in [-0.05, 0) is 19.3 Å². The van der Waals surface area contributed by atoms with Gasteiger partial charge in [0, 0.05) is 12.4 Å². The maximum atomic E-state index is 8.69. The summed E-state index contributed by atoms with van der Waals surface area (Å²) in [5, 5.41) is 8.85. The molecule has 0 radical (unpaired) electrons. The molecule has 3 heteroatoms. The highest BCUT2D eigenvalue weighted by Crippen LogP contribution is 2.21. The van der Waals surface area contributed by atoms with Crippen LogP contribution >= 0.6 is 11.8 Å². The highest BCUT2D eigenvalue weighted by molar-refractivity contribution is 8.00. The summed E-state index contributed by atoms with van der Waals surface area (Å²) in [6, 6.07) is 2.28. The largest absolute Gasteiger partial charge is 0.377 e. The molecule has 2 nitrogen and oxygen atoms in total. The number of thioether (sulfide) groups is 1. The summed E-state index contributed by atoms with van der Waals surface area (Å²) >= 11 is 1.73. The Morgan fingerprint density at radius 3 is 3.08 bits per heavy atom. The third-order valence-corrected chi connectivity index (χ3v) is 3.43. The minimum Gasteiger partial charge on any atom is -0.377 e. The van der Waals surface area contributed by atoms with Crippen LogP contribution in [0, 0.1) is 11.3 Å². The molecule has 0 spiro atoms. The Balaban J connectivity index is 2.11. The minimum absolute atomic E-state index is 0.161. The van der Waals surface area contributed by atoms with Crippen LogP contribution in [0.15, 0.2) is 0 Å². The predicted molar refractivity (Wildman–Crippen MR) is 51.1 cm³/mol. The van der Waals surface area contributed by atoms with Crippen LogP contribution in [0.5, 0.6) is 0 Å². The molecule has 2 unspecified atom stereocenters. The van der Waals surface area contributed by atoms with Gasteiger partial charge < -0.3 is 4.74 Å². The van der Waals surface area contributed by atoms with Crippen molar-refractivity contribution >= 4 is 11.8 Å². The molecule has 1 aliphatic rings. The van der Waals surface area contributed by atoms with E-state index in [0.717, 1.165) is 18.8 Å². The Morgan fingerprint density at radius 2 is 2.58 bits per heavy atom. The molecular formula is C9H15NOS. The van der Waals surface area contributed by atoms with Gasteiger partial charge >= 0.3 is 0 Å². The van der Waals surface area contributed by atoms with Gasteiger partial charge in [-0.1, -0.05) is 6.92 Å². The van der Waals surface area contributed by atoms with Crippen LogP contribution in [0.2, 0.25) is 0 Å². The zero-order valence-corrected chi connectivity index (χ0v) is 8.27. The monoisotopic (exact) mass is 185 g/mol. The van der Waals surface area contributed by atoms with Crippen LogP contribution in [0.25, 0.3) is 0 Å². The van der Waals surface area contributed by atoms with Gasteiger partial charge in [0.1, 0.15) is 0 Å². The lowest BCUT2D eigenvalue weighted by Gasteiger charge is -2.10. The van der Waals surface area contributed by atoms with Crippen LogP contribution in [0.1, 0.15) is 26.2 Å². The SMILES string of the molecule is CCC(C#N)SCC1CCCO1. The number of nitrogens with zero attached hydrogens (tertiary/aromatic N) is 1. The van der Waals surface area contributed by atoms with E-state index in [1.54, 1.807) is 11.8 Å². The van der Waals surface area contributed by atoms with Crippen LogP contribution < -0.4 is 0 Å². The second kappa shape index (κ2) is 5.45. The van der Waals surface area contributed by atoms with E-state index < -0.39 is 0 Å². The summed E-state index contributed by atoms with van der Waals surface area (Å²) < 4.78 is 5.46. The molecule has 1 heterocycles. The molecule has 1 fully saturated rings. The first-order valence-corrected chi connectivity index (χ1v) is 5.54. The molecule has 1 saturated heterocycles. The van der Waals surface area contributed by atoms with Gasteiger partial charge in [-0.15, -0.1) is 11.8 Å². The summed E-state index contributed by atoms with van der Waals surface area (Å²) in [7, 11) is 0. The summed E-state index contributed by atoms with van der Waals surface area (Å²) in [6.45, 7) is 2.96. The van der Waals surface area contributed by atoms with E-state index in [1.807, 2.05) is 0 Å². The molecule has 12 heavy (non-hydrogen) atoms. The maximum absolute atomic E-state index is 8.69. The molecule has 0 aromatic rings. The smallest absolute Gasteiger partial charge is 0.0915 e. The van der Waals surface area contributed by atoms with E-state index in [2.05, 4.69) is 13.0 Å². The number of ether oxygens (including phenoxy) is 1. The molecule has 68 valence electrons. The van der Waals surface area contributed by atoms with Gasteiger partial charge in [-0.3, -0.25) is 0 Å². The van der Waals surface area contributed by atoms with Gasteiger partial charge in [-0.25, -0.2) is 0 Å². The molecule has 0 aromatic carbocycles. The third-order valence-electron chi connectivity index (χ3n) is 2.02. The Hall–Kier alpha value is -0.200. The first-order valence-electron chi connectivity index (χ1n) is 4.49. The van der Waals surface area contributed by atoms with E-state index in [1.165, 1.54) is 12.8 Å². The van der Waals surface area contributed by atoms with Crippen molar-refractivity contribution in [3.05, 3.63) is 0 Å². The highest BCUT2D eigenvalue weighted by Gasteiger charge is 2.17. The molecule has 0 amide bonds. The van der Waals surface area contributed by atoms with E-state index in [9.17, 15) is 0 Å². The van der Waals surface area contributed by atoms with Crippen LogP contribution in [-0.4, -0.2) is 23.7 Å². The molecule has 0 bridgehead atoms. The van der Waals surface area contributed by atoms with Crippen LogP contribution in [-0.2, 0) is 4.74 Å². The molecule has 0 saturated carbocycles. The molecule has 1 rings (SSSR count). The maximum Gasteiger partial charge on any atom is 0.0915 e. The standard InChI is InChI=1S/C9H15NOS/c1-2-9(6-10)12-7-8-4-3-5-11-8/h8-9H,2-5,7H2,1H3.